The lowest BCUT2D eigenvalue weighted by molar-refractivity contribution is -0.131. The lowest BCUT2D eigenvalue weighted by Crippen LogP contribution is -2.37. The maximum atomic E-state index is 12.2. The summed E-state index contributed by atoms with van der Waals surface area (Å²) in [5.41, 5.74) is 0. The first-order chi connectivity index (χ1) is 9.79. The Morgan fingerprint density at radius 3 is 2.95 bits per heavy atom. The highest BCUT2D eigenvalue weighted by atomic mass is 32.1. The highest BCUT2D eigenvalue weighted by molar-refractivity contribution is 7.09. The van der Waals surface area contributed by atoms with Crippen LogP contribution in [0, 0.1) is 12.3 Å². The maximum Gasteiger partial charge on any atom is 0.237 e. The predicted octanol–water partition coefficient (Wildman–Crippen LogP) is 2.09. The van der Waals surface area contributed by atoms with E-state index in [9.17, 15) is 4.79 Å². The summed E-state index contributed by atoms with van der Waals surface area (Å²) in [6.07, 6.45) is 6.77. The molecule has 0 aliphatic carbocycles. The van der Waals surface area contributed by atoms with Crippen LogP contribution < -0.4 is 5.32 Å². The van der Waals surface area contributed by atoms with E-state index in [1.165, 1.54) is 0 Å². The summed E-state index contributed by atoms with van der Waals surface area (Å²) in [7, 11) is 0. The number of furan rings is 1. The number of nitrogens with one attached hydrogen (secondary N) is 1. The monoisotopic (exact) mass is 288 g/mol. The van der Waals surface area contributed by atoms with Gasteiger partial charge in [0, 0.05) is 4.88 Å². The number of carbonyl (C=O) groups excluding carboxylic acids is 1. The first-order valence-corrected chi connectivity index (χ1v) is 7.14. The average Bonchev–Trinajstić information content (AvgIpc) is 3.11. The van der Waals surface area contributed by atoms with Gasteiger partial charge in [-0.05, 0) is 23.6 Å². The zero-order valence-corrected chi connectivity index (χ0v) is 11.9. The number of thiophene rings is 1. The summed E-state index contributed by atoms with van der Waals surface area (Å²) in [6.45, 7) is 1.66. The second kappa shape index (κ2) is 7.53. The van der Waals surface area contributed by atoms with Crippen LogP contribution >= 0.6 is 11.3 Å². The van der Waals surface area contributed by atoms with Gasteiger partial charge in [0.25, 0.3) is 0 Å². The molecule has 4 nitrogen and oxygen atoms in total. The molecule has 104 valence electrons. The van der Waals surface area contributed by atoms with Crippen LogP contribution in [0.15, 0.2) is 40.3 Å². The standard InChI is InChI=1S/C15H16N2O2S/c1-2-7-16-10-15(18)17(11-13-5-3-8-19-13)12-14-6-4-9-20-14/h1,3-6,8-9,16H,7,10-12H2. The molecular weight excluding hydrogens is 272 g/mol. The van der Waals surface area contributed by atoms with Gasteiger partial charge in [0.2, 0.25) is 5.91 Å². The molecule has 0 unspecified atom stereocenters. The topological polar surface area (TPSA) is 45.5 Å². The quantitative estimate of drug-likeness (QED) is 0.627. The fourth-order valence-electron chi connectivity index (χ4n) is 1.77. The molecule has 0 saturated heterocycles. The van der Waals surface area contributed by atoms with E-state index in [0.29, 0.717) is 19.6 Å². The minimum Gasteiger partial charge on any atom is -0.467 e. The molecule has 20 heavy (non-hydrogen) atoms. The van der Waals surface area contributed by atoms with Crippen LogP contribution in [-0.4, -0.2) is 23.9 Å². The molecule has 0 bridgehead atoms. The summed E-state index contributed by atoms with van der Waals surface area (Å²) in [4.78, 5) is 15.1. The van der Waals surface area contributed by atoms with Gasteiger partial charge in [-0.3, -0.25) is 10.1 Å². The molecule has 0 aromatic carbocycles. The fourth-order valence-corrected chi connectivity index (χ4v) is 2.49. The van der Waals surface area contributed by atoms with E-state index in [2.05, 4.69) is 11.2 Å². The predicted molar refractivity (Wildman–Crippen MR) is 79.0 cm³/mol. The molecule has 2 rings (SSSR count). The summed E-state index contributed by atoms with van der Waals surface area (Å²) < 4.78 is 5.32. The van der Waals surface area contributed by atoms with E-state index in [-0.39, 0.29) is 12.5 Å². The summed E-state index contributed by atoms with van der Waals surface area (Å²) in [5.74, 6) is 3.23. The van der Waals surface area contributed by atoms with Crippen molar-refractivity contribution in [2.45, 2.75) is 13.1 Å². The Morgan fingerprint density at radius 2 is 2.30 bits per heavy atom. The van der Waals surface area contributed by atoms with Crippen molar-refractivity contribution in [3.8, 4) is 12.3 Å². The van der Waals surface area contributed by atoms with Crippen molar-refractivity contribution in [1.29, 1.82) is 0 Å². The summed E-state index contributed by atoms with van der Waals surface area (Å²) in [5, 5.41) is 4.92. The first kappa shape index (κ1) is 14.4. The molecule has 2 aromatic rings. The molecule has 0 spiro atoms. The molecule has 1 N–H and O–H groups in total. The Labute approximate surface area is 122 Å². The molecule has 0 aliphatic heterocycles. The van der Waals surface area contributed by atoms with Gasteiger partial charge in [0.1, 0.15) is 5.76 Å². The SMILES string of the molecule is C#CCNCC(=O)N(Cc1ccco1)Cc1cccs1. The minimum atomic E-state index is 0.00468. The second-order valence-corrected chi connectivity index (χ2v) is 5.25. The molecule has 1 amide bonds. The third-order valence-electron chi connectivity index (χ3n) is 2.71. The van der Waals surface area contributed by atoms with Crippen LogP contribution in [-0.2, 0) is 17.9 Å². The van der Waals surface area contributed by atoms with Crippen molar-refractivity contribution < 1.29 is 9.21 Å². The van der Waals surface area contributed by atoms with Crippen LogP contribution in [0.1, 0.15) is 10.6 Å². The largest absolute Gasteiger partial charge is 0.467 e. The van der Waals surface area contributed by atoms with E-state index < -0.39 is 0 Å². The minimum absolute atomic E-state index is 0.00468. The first-order valence-electron chi connectivity index (χ1n) is 6.26. The highest BCUT2D eigenvalue weighted by Crippen LogP contribution is 2.14. The molecule has 2 aromatic heterocycles. The Bertz CT molecular complexity index is 519. The average molecular weight is 288 g/mol. The lowest BCUT2D eigenvalue weighted by atomic mass is 10.3. The molecule has 5 heteroatoms. The van der Waals surface area contributed by atoms with Crippen LogP contribution in [0.4, 0.5) is 0 Å². The van der Waals surface area contributed by atoms with Gasteiger partial charge in [-0.1, -0.05) is 12.0 Å². The van der Waals surface area contributed by atoms with E-state index in [1.54, 1.807) is 22.5 Å². The normalized spacial score (nSPS) is 10.2. The van der Waals surface area contributed by atoms with E-state index >= 15 is 0 Å². The van der Waals surface area contributed by atoms with Crippen molar-refractivity contribution in [3.63, 3.8) is 0 Å². The van der Waals surface area contributed by atoms with Crippen LogP contribution in [0.25, 0.3) is 0 Å². The molecule has 0 saturated carbocycles. The Morgan fingerprint density at radius 1 is 1.40 bits per heavy atom. The zero-order chi connectivity index (χ0) is 14.2. The molecule has 0 fully saturated rings. The molecular formula is C15H16N2O2S. The zero-order valence-electron chi connectivity index (χ0n) is 11.0. The molecule has 0 atom stereocenters. The van der Waals surface area contributed by atoms with Gasteiger partial charge in [-0.2, -0.15) is 0 Å². The van der Waals surface area contributed by atoms with Gasteiger partial charge in [0.15, 0.2) is 0 Å². The summed E-state index contributed by atoms with van der Waals surface area (Å²) in [6, 6.07) is 7.68. The van der Waals surface area contributed by atoms with Crippen molar-refractivity contribution in [1.82, 2.24) is 10.2 Å². The van der Waals surface area contributed by atoms with E-state index in [4.69, 9.17) is 10.8 Å². The van der Waals surface area contributed by atoms with E-state index in [0.717, 1.165) is 10.6 Å². The molecule has 0 aliphatic rings. The number of rotatable bonds is 7. The number of hydrogen-bond acceptors (Lipinski definition) is 4. The van der Waals surface area contributed by atoms with Gasteiger partial charge in [0.05, 0.1) is 32.4 Å². The number of hydrogen-bond donors (Lipinski definition) is 1. The smallest absolute Gasteiger partial charge is 0.237 e. The van der Waals surface area contributed by atoms with Crippen molar-refractivity contribution in [2.75, 3.05) is 13.1 Å². The highest BCUT2D eigenvalue weighted by Gasteiger charge is 2.15. The second-order valence-electron chi connectivity index (χ2n) is 4.22. The number of nitrogens with zero attached hydrogens (tertiary/aromatic N) is 1. The van der Waals surface area contributed by atoms with E-state index in [1.807, 2.05) is 29.6 Å². The maximum absolute atomic E-state index is 12.2. The van der Waals surface area contributed by atoms with Crippen LogP contribution in [0.3, 0.4) is 0 Å². The van der Waals surface area contributed by atoms with Gasteiger partial charge in [-0.25, -0.2) is 0 Å². The summed E-state index contributed by atoms with van der Waals surface area (Å²) >= 11 is 1.63. The number of amides is 1. The Hall–Kier alpha value is -2.03. The Balaban J connectivity index is 1.99. The molecule has 2 heterocycles. The third-order valence-corrected chi connectivity index (χ3v) is 3.57. The third kappa shape index (κ3) is 4.26. The van der Waals surface area contributed by atoms with Gasteiger partial charge in [-0.15, -0.1) is 17.8 Å². The van der Waals surface area contributed by atoms with Crippen molar-refractivity contribution >= 4 is 17.2 Å². The molecule has 0 radical (unpaired) electrons. The van der Waals surface area contributed by atoms with Crippen molar-refractivity contribution in [3.05, 3.63) is 46.5 Å². The fraction of sp³-hybridized carbons (Fsp3) is 0.267. The van der Waals surface area contributed by atoms with Crippen LogP contribution in [0.2, 0.25) is 0 Å². The number of carbonyl (C=O) groups is 1. The van der Waals surface area contributed by atoms with Gasteiger partial charge < -0.3 is 9.32 Å². The van der Waals surface area contributed by atoms with Crippen LogP contribution in [0.5, 0.6) is 0 Å². The lowest BCUT2D eigenvalue weighted by Gasteiger charge is -2.21. The number of terminal acetylenes is 1. The van der Waals surface area contributed by atoms with Crippen molar-refractivity contribution in [2.24, 2.45) is 0 Å². The van der Waals surface area contributed by atoms with Gasteiger partial charge >= 0.3 is 0 Å². The Kier molecular flexibility index (Phi) is 5.42.